The standard InChI is InChI=1S/C13H11Cl2N3O3/c1-7(2)16-12(20)17-6-11(19)18(13(17)21)10-4-8(14)3-9(15)5-10/h3-5,7H,1,6H2,2H3/p+1. The molecule has 2 rings (SSSR count). The summed E-state index contributed by atoms with van der Waals surface area (Å²) in [5, 5.41) is 3.02. The molecule has 8 heteroatoms. The van der Waals surface area contributed by atoms with Gasteiger partial charge in [-0.25, -0.2) is 19.4 Å². The molecule has 1 fully saturated rings. The van der Waals surface area contributed by atoms with Crippen molar-refractivity contribution in [1.82, 2.24) is 10.2 Å². The van der Waals surface area contributed by atoms with Crippen molar-refractivity contribution in [2.45, 2.75) is 13.0 Å². The Kier molecular flexibility index (Phi) is 4.29. The van der Waals surface area contributed by atoms with Crippen LogP contribution in [0.15, 0.2) is 18.2 Å². The van der Waals surface area contributed by atoms with Crippen LogP contribution in [0, 0.1) is 6.92 Å². The largest absolute Gasteiger partial charge is 0.340 e. The van der Waals surface area contributed by atoms with Gasteiger partial charge in [0.1, 0.15) is 6.54 Å². The number of halogens is 2. The quantitative estimate of drug-likeness (QED) is 0.670. The van der Waals surface area contributed by atoms with E-state index in [0.29, 0.717) is 0 Å². The van der Waals surface area contributed by atoms with Crippen molar-refractivity contribution in [3.63, 3.8) is 0 Å². The minimum absolute atomic E-state index is 0.223. The monoisotopic (exact) mass is 328 g/mol. The number of imide groups is 2. The van der Waals surface area contributed by atoms with Crippen molar-refractivity contribution >= 4 is 46.9 Å². The summed E-state index contributed by atoms with van der Waals surface area (Å²) >= 11 is 11.7. The molecular weight excluding hydrogens is 317 g/mol. The van der Waals surface area contributed by atoms with Crippen molar-refractivity contribution in [3.8, 4) is 0 Å². The number of urea groups is 2. The zero-order valence-electron chi connectivity index (χ0n) is 11.1. The first-order valence-electron chi connectivity index (χ1n) is 6.03. The Morgan fingerprint density at radius 1 is 1.29 bits per heavy atom. The van der Waals surface area contributed by atoms with Gasteiger partial charge in [-0.3, -0.25) is 10.1 Å². The van der Waals surface area contributed by atoms with Crippen LogP contribution < -0.4 is 10.2 Å². The molecule has 1 aliphatic rings. The number of amides is 5. The van der Waals surface area contributed by atoms with Crippen LogP contribution in [-0.2, 0) is 4.79 Å². The summed E-state index contributed by atoms with van der Waals surface area (Å²) in [6.07, 6.45) is 0. The second-order valence-electron chi connectivity index (χ2n) is 4.58. The molecule has 0 aromatic heterocycles. The third-order valence-electron chi connectivity index (χ3n) is 2.69. The maximum atomic E-state index is 12.2. The number of nitrogens with one attached hydrogen (secondary N) is 1. The van der Waals surface area contributed by atoms with Gasteiger partial charge in [-0.15, -0.1) is 0 Å². The summed E-state index contributed by atoms with van der Waals surface area (Å²) in [7, 11) is 0. The van der Waals surface area contributed by atoms with E-state index in [2.05, 4.69) is 12.2 Å². The van der Waals surface area contributed by atoms with Crippen molar-refractivity contribution in [2.24, 2.45) is 0 Å². The predicted molar refractivity (Wildman–Crippen MR) is 79.4 cm³/mol. The number of anilines is 1. The number of carbonyl (C=O) groups excluding carboxylic acids is 3. The molecule has 0 saturated carbocycles. The van der Waals surface area contributed by atoms with Gasteiger partial charge in [0, 0.05) is 10.0 Å². The van der Waals surface area contributed by atoms with E-state index in [-0.39, 0.29) is 22.3 Å². The highest BCUT2D eigenvalue weighted by atomic mass is 35.5. The van der Waals surface area contributed by atoms with Crippen molar-refractivity contribution in [2.75, 3.05) is 11.4 Å². The number of benzene rings is 1. The zero-order valence-corrected chi connectivity index (χ0v) is 12.6. The van der Waals surface area contributed by atoms with Gasteiger partial charge in [-0.1, -0.05) is 23.2 Å². The number of rotatable bonds is 2. The fourth-order valence-corrected chi connectivity index (χ4v) is 2.39. The fourth-order valence-electron chi connectivity index (χ4n) is 1.87. The second kappa shape index (κ2) is 5.83. The van der Waals surface area contributed by atoms with E-state index in [9.17, 15) is 14.4 Å². The lowest BCUT2D eigenvalue weighted by molar-refractivity contribution is -0.116. The van der Waals surface area contributed by atoms with Crippen LogP contribution in [0.5, 0.6) is 0 Å². The van der Waals surface area contributed by atoms with Gasteiger partial charge < -0.3 is 0 Å². The van der Waals surface area contributed by atoms with Crippen LogP contribution in [0.2, 0.25) is 10.0 Å². The van der Waals surface area contributed by atoms with E-state index in [1.807, 2.05) is 0 Å². The maximum Gasteiger partial charge on any atom is 0.340 e. The molecule has 1 aliphatic heterocycles. The lowest BCUT2D eigenvalue weighted by atomic mass is 10.3. The molecule has 1 N–H and O–H groups in total. The van der Waals surface area contributed by atoms with E-state index < -0.39 is 24.0 Å². The highest BCUT2D eigenvalue weighted by Gasteiger charge is 2.41. The minimum Gasteiger partial charge on any atom is -0.297 e. The summed E-state index contributed by atoms with van der Waals surface area (Å²) in [5.41, 5.74) is 0.223. The van der Waals surface area contributed by atoms with Crippen molar-refractivity contribution in [1.29, 1.82) is 0 Å². The lowest BCUT2D eigenvalue weighted by Crippen LogP contribution is -2.45. The Bertz CT molecular complexity index is 598. The molecule has 1 aromatic carbocycles. The average Bonchev–Trinajstić information content (AvgIpc) is 2.62. The summed E-state index contributed by atoms with van der Waals surface area (Å²) in [6, 6.07) is 2.51. The molecule has 1 unspecified atom stereocenters. The number of nitrogens with zero attached hydrogens (tertiary/aromatic N) is 2. The Morgan fingerprint density at radius 2 is 1.86 bits per heavy atom. The second-order valence-corrected chi connectivity index (χ2v) is 5.45. The molecular formula is C13H12Cl2N3O3+. The first-order valence-corrected chi connectivity index (χ1v) is 6.79. The van der Waals surface area contributed by atoms with E-state index in [0.717, 1.165) is 9.80 Å². The molecule has 21 heavy (non-hydrogen) atoms. The van der Waals surface area contributed by atoms with Crippen LogP contribution in [0.3, 0.4) is 0 Å². The van der Waals surface area contributed by atoms with Crippen LogP contribution in [0.25, 0.3) is 0 Å². The molecule has 1 atom stereocenters. The van der Waals surface area contributed by atoms with Crippen LogP contribution in [-0.4, -0.2) is 35.5 Å². The number of carbonyl (C=O) groups is 3. The average molecular weight is 329 g/mol. The van der Waals surface area contributed by atoms with E-state index in [1.54, 1.807) is 6.92 Å². The lowest BCUT2D eigenvalue weighted by Gasteiger charge is -2.16. The predicted octanol–water partition coefficient (Wildman–Crippen LogP) is 2.69. The van der Waals surface area contributed by atoms with Crippen molar-refractivity contribution < 1.29 is 14.4 Å². The molecule has 1 aromatic rings. The third-order valence-corrected chi connectivity index (χ3v) is 3.12. The molecule has 0 bridgehead atoms. The van der Waals surface area contributed by atoms with Gasteiger partial charge in [-0.05, 0) is 25.1 Å². The van der Waals surface area contributed by atoms with Gasteiger partial charge in [0.25, 0.3) is 5.91 Å². The Hall–Kier alpha value is -1.92. The first kappa shape index (κ1) is 15.5. The number of hydrogen-bond acceptors (Lipinski definition) is 3. The molecule has 0 spiro atoms. The van der Waals surface area contributed by atoms with Gasteiger partial charge >= 0.3 is 12.1 Å². The summed E-state index contributed by atoms with van der Waals surface area (Å²) < 4.78 is 0. The zero-order chi connectivity index (χ0) is 15.7. The highest BCUT2D eigenvalue weighted by Crippen LogP contribution is 2.28. The molecule has 5 amide bonds. The van der Waals surface area contributed by atoms with Crippen LogP contribution in [0.1, 0.15) is 6.92 Å². The topological polar surface area (TPSA) is 69.7 Å². The van der Waals surface area contributed by atoms with E-state index >= 15 is 0 Å². The summed E-state index contributed by atoms with van der Waals surface area (Å²) in [5.74, 6) is -0.537. The van der Waals surface area contributed by atoms with Gasteiger partial charge in [-0.2, -0.15) is 0 Å². The maximum absolute atomic E-state index is 12.2. The molecule has 110 valence electrons. The summed E-state index contributed by atoms with van der Waals surface area (Å²) in [6.45, 7) is 4.89. The highest BCUT2D eigenvalue weighted by molar-refractivity contribution is 6.35. The third kappa shape index (κ3) is 3.22. The minimum atomic E-state index is -0.753. The normalized spacial score (nSPS) is 16.3. The van der Waals surface area contributed by atoms with Gasteiger partial charge in [0.05, 0.1) is 12.6 Å². The van der Waals surface area contributed by atoms with Crippen LogP contribution >= 0.6 is 23.2 Å². The SMILES string of the molecule is [CH2+]C(C)NC(=O)N1CC(=O)N(c2cc(Cl)cc(Cl)c2)C1=O. The summed E-state index contributed by atoms with van der Waals surface area (Å²) in [4.78, 5) is 37.7. The van der Waals surface area contributed by atoms with Gasteiger partial charge in [0.15, 0.2) is 6.04 Å². The Labute approximate surface area is 131 Å². The molecule has 1 saturated heterocycles. The molecule has 0 radical (unpaired) electrons. The molecule has 6 nitrogen and oxygen atoms in total. The fraction of sp³-hybridized carbons (Fsp3) is 0.231. The van der Waals surface area contributed by atoms with Crippen molar-refractivity contribution in [3.05, 3.63) is 35.2 Å². The van der Waals surface area contributed by atoms with Crippen LogP contribution in [0.4, 0.5) is 15.3 Å². The molecule has 0 aliphatic carbocycles. The van der Waals surface area contributed by atoms with E-state index in [4.69, 9.17) is 23.2 Å². The first-order chi connectivity index (χ1) is 9.79. The Balaban J connectivity index is 2.28. The Morgan fingerprint density at radius 3 is 2.38 bits per heavy atom. The van der Waals surface area contributed by atoms with Gasteiger partial charge in [0.2, 0.25) is 0 Å². The smallest absolute Gasteiger partial charge is 0.297 e. The molecule has 1 heterocycles. The number of hydrogen-bond donors (Lipinski definition) is 1. The van der Waals surface area contributed by atoms with E-state index in [1.165, 1.54) is 18.2 Å².